The van der Waals surface area contributed by atoms with Crippen molar-refractivity contribution >= 4 is 28.9 Å². The molecule has 1 amide bonds. The molecule has 0 bridgehead atoms. The second-order valence-electron chi connectivity index (χ2n) is 7.90. The second-order valence-corrected chi connectivity index (χ2v) is 8.28. The Balaban J connectivity index is 1.45. The van der Waals surface area contributed by atoms with Gasteiger partial charge in [0.1, 0.15) is 5.82 Å². The minimum absolute atomic E-state index is 0.0481. The van der Waals surface area contributed by atoms with E-state index in [4.69, 9.17) is 12.2 Å². The summed E-state index contributed by atoms with van der Waals surface area (Å²) in [5.41, 5.74) is 3.73. The van der Waals surface area contributed by atoms with Crippen LogP contribution >= 0.6 is 12.2 Å². The van der Waals surface area contributed by atoms with Crippen molar-refractivity contribution in [3.05, 3.63) is 65.0 Å². The molecule has 7 heteroatoms. The Kier molecular flexibility index (Phi) is 7.39. The summed E-state index contributed by atoms with van der Waals surface area (Å²) in [7, 11) is 1.77. The maximum absolute atomic E-state index is 13.7. The first-order valence-corrected chi connectivity index (χ1v) is 10.6. The van der Waals surface area contributed by atoms with E-state index in [9.17, 15) is 9.18 Å². The van der Waals surface area contributed by atoms with Crippen LogP contribution in [0.2, 0.25) is 0 Å². The Bertz CT molecular complexity index is 912. The molecule has 0 spiro atoms. The Hall–Kier alpha value is -2.51. The molecule has 1 heterocycles. The predicted octanol–water partition coefficient (Wildman–Crippen LogP) is 3.42. The van der Waals surface area contributed by atoms with E-state index in [-0.39, 0.29) is 18.3 Å². The van der Waals surface area contributed by atoms with Crippen molar-refractivity contribution in [1.29, 1.82) is 0 Å². The minimum atomic E-state index is -0.287. The van der Waals surface area contributed by atoms with Crippen LogP contribution in [0.1, 0.15) is 16.7 Å². The van der Waals surface area contributed by atoms with Crippen molar-refractivity contribution in [2.75, 3.05) is 45.1 Å². The molecule has 1 saturated heterocycles. The molecule has 1 aliphatic rings. The molecule has 2 aromatic rings. The van der Waals surface area contributed by atoms with Gasteiger partial charge in [0.25, 0.3) is 0 Å². The van der Waals surface area contributed by atoms with Crippen LogP contribution in [0.25, 0.3) is 0 Å². The first kappa shape index (κ1) is 22.2. The first-order valence-electron chi connectivity index (χ1n) is 10.2. The number of nitrogens with one attached hydrogen (secondary N) is 1. The highest BCUT2D eigenvalue weighted by Gasteiger charge is 2.22. The summed E-state index contributed by atoms with van der Waals surface area (Å²) in [4.78, 5) is 18.6. The molecule has 3 rings (SSSR count). The van der Waals surface area contributed by atoms with E-state index in [0.717, 1.165) is 19.6 Å². The fourth-order valence-corrected chi connectivity index (χ4v) is 3.67. The number of aryl methyl sites for hydroxylation is 2. The maximum Gasteiger partial charge on any atom is 0.242 e. The van der Waals surface area contributed by atoms with Crippen LogP contribution in [0, 0.1) is 19.7 Å². The third-order valence-electron chi connectivity index (χ3n) is 5.36. The van der Waals surface area contributed by atoms with E-state index in [1.165, 1.54) is 17.2 Å². The third kappa shape index (κ3) is 6.00. The predicted molar refractivity (Wildman–Crippen MR) is 123 cm³/mol. The van der Waals surface area contributed by atoms with E-state index in [1.807, 2.05) is 4.90 Å². The molecule has 0 aromatic heterocycles. The smallest absolute Gasteiger partial charge is 0.242 e. The lowest BCUT2D eigenvalue weighted by atomic mass is 10.1. The summed E-state index contributed by atoms with van der Waals surface area (Å²) in [6, 6.07) is 13.4. The highest BCUT2D eigenvalue weighted by molar-refractivity contribution is 7.80. The number of halogens is 1. The Labute approximate surface area is 183 Å². The number of hydrogen-bond donors (Lipinski definition) is 1. The van der Waals surface area contributed by atoms with Gasteiger partial charge in [0.15, 0.2) is 5.11 Å². The fourth-order valence-electron chi connectivity index (χ4n) is 3.49. The average Bonchev–Trinajstić information content (AvgIpc) is 2.71. The van der Waals surface area contributed by atoms with Gasteiger partial charge in [-0.3, -0.25) is 9.69 Å². The largest absolute Gasteiger partial charge is 0.343 e. The summed E-state index contributed by atoms with van der Waals surface area (Å²) < 4.78 is 13.7. The summed E-state index contributed by atoms with van der Waals surface area (Å²) in [5, 5.41) is 3.39. The number of thiocarbonyl (C=S) groups is 1. The molecule has 2 aromatic carbocycles. The van der Waals surface area contributed by atoms with Crippen LogP contribution in [0.3, 0.4) is 0 Å². The standard InChI is InChI=1S/C23H29FN4OS/c1-17-5-4-6-19(13-17)15-27-9-11-28(12-10-27)22(29)16-26(3)23(30)25-20-8-7-18(2)21(24)14-20/h4-8,13-14H,9-12,15-16H2,1-3H3,(H,25,30). The number of piperazine rings is 1. The van der Waals surface area contributed by atoms with E-state index in [0.29, 0.717) is 29.5 Å². The van der Waals surface area contributed by atoms with Crippen LogP contribution in [-0.2, 0) is 11.3 Å². The lowest BCUT2D eigenvalue weighted by molar-refractivity contribution is -0.133. The fraction of sp³-hybridized carbons (Fsp3) is 0.391. The maximum atomic E-state index is 13.7. The first-order chi connectivity index (χ1) is 14.3. The number of nitrogens with zero attached hydrogens (tertiary/aromatic N) is 3. The number of hydrogen-bond acceptors (Lipinski definition) is 3. The molecule has 160 valence electrons. The normalized spacial score (nSPS) is 14.5. The van der Waals surface area contributed by atoms with Crippen LogP contribution < -0.4 is 5.32 Å². The van der Waals surface area contributed by atoms with Gasteiger partial charge in [-0.05, 0) is 49.3 Å². The molecule has 0 unspecified atom stereocenters. The highest BCUT2D eigenvalue weighted by Crippen LogP contribution is 2.14. The summed E-state index contributed by atoms with van der Waals surface area (Å²) in [5.74, 6) is -0.239. The Morgan fingerprint density at radius 3 is 2.53 bits per heavy atom. The zero-order valence-electron chi connectivity index (χ0n) is 17.8. The van der Waals surface area contributed by atoms with Crippen molar-refractivity contribution in [3.8, 4) is 0 Å². The number of anilines is 1. The van der Waals surface area contributed by atoms with E-state index < -0.39 is 0 Å². The topological polar surface area (TPSA) is 38.8 Å². The van der Waals surface area contributed by atoms with Gasteiger partial charge in [-0.25, -0.2) is 4.39 Å². The van der Waals surface area contributed by atoms with Gasteiger partial charge in [-0.15, -0.1) is 0 Å². The Morgan fingerprint density at radius 2 is 1.87 bits per heavy atom. The zero-order valence-corrected chi connectivity index (χ0v) is 18.6. The molecular weight excluding hydrogens is 399 g/mol. The van der Waals surface area contributed by atoms with Crippen LogP contribution in [0.5, 0.6) is 0 Å². The van der Waals surface area contributed by atoms with Gasteiger partial charge < -0.3 is 15.1 Å². The highest BCUT2D eigenvalue weighted by atomic mass is 32.1. The molecule has 0 radical (unpaired) electrons. The lowest BCUT2D eigenvalue weighted by Gasteiger charge is -2.35. The van der Waals surface area contributed by atoms with Gasteiger partial charge in [0.2, 0.25) is 5.91 Å². The van der Waals surface area contributed by atoms with Gasteiger partial charge in [-0.1, -0.05) is 35.9 Å². The quantitative estimate of drug-likeness (QED) is 0.739. The van der Waals surface area contributed by atoms with Crippen molar-refractivity contribution in [2.45, 2.75) is 20.4 Å². The Morgan fingerprint density at radius 1 is 1.13 bits per heavy atom. The average molecular weight is 429 g/mol. The molecule has 0 atom stereocenters. The summed E-state index contributed by atoms with van der Waals surface area (Å²) in [6.07, 6.45) is 0. The van der Waals surface area contributed by atoms with Gasteiger partial charge in [-0.2, -0.15) is 0 Å². The lowest BCUT2D eigenvalue weighted by Crippen LogP contribution is -2.51. The number of amides is 1. The molecule has 30 heavy (non-hydrogen) atoms. The number of likely N-dealkylation sites (N-methyl/N-ethyl adjacent to an activating group) is 1. The molecule has 0 aliphatic carbocycles. The third-order valence-corrected chi connectivity index (χ3v) is 5.77. The van der Waals surface area contributed by atoms with Crippen molar-refractivity contribution in [3.63, 3.8) is 0 Å². The van der Waals surface area contributed by atoms with Crippen molar-refractivity contribution < 1.29 is 9.18 Å². The van der Waals surface area contributed by atoms with Crippen LogP contribution in [-0.4, -0.2) is 65.5 Å². The number of benzene rings is 2. The number of rotatable bonds is 5. The number of carbonyl (C=O) groups is 1. The monoisotopic (exact) mass is 428 g/mol. The molecule has 1 fully saturated rings. The van der Waals surface area contributed by atoms with Crippen LogP contribution in [0.4, 0.5) is 10.1 Å². The molecular formula is C23H29FN4OS. The van der Waals surface area contributed by atoms with E-state index in [2.05, 4.69) is 41.4 Å². The van der Waals surface area contributed by atoms with Gasteiger partial charge >= 0.3 is 0 Å². The number of carbonyl (C=O) groups excluding carboxylic acids is 1. The zero-order chi connectivity index (χ0) is 21.7. The molecule has 5 nitrogen and oxygen atoms in total. The van der Waals surface area contributed by atoms with E-state index in [1.54, 1.807) is 31.0 Å². The molecule has 1 N–H and O–H groups in total. The van der Waals surface area contributed by atoms with E-state index >= 15 is 0 Å². The SMILES string of the molecule is Cc1cccc(CN2CCN(C(=O)CN(C)C(=S)Nc3ccc(C)c(F)c3)CC2)c1. The second kappa shape index (κ2) is 10.00. The van der Waals surface area contributed by atoms with Crippen molar-refractivity contribution in [1.82, 2.24) is 14.7 Å². The van der Waals surface area contributed by atoms with Crippen LogP contribution in [0.15, 0.2) is 42.5 Å². The summed E-state index contributed by atoms with van der Waals surface area (Å²) in [6.45, 7) is 8.05. The van der Waals surface area contributed by atoms with Gasteiger partial charge in [0.05, 0.1) is 6.54 Å². The molecule has 1 aliphatic heterocycles. The van der Waals surface area contributed by atoms with Gasteiger partial charge in [0, 0.05) is 45.5 Å². The van der Waals surface area contributed by atoms with Crippen molar-refractivity contribution in [2.24, 2.45) is 0 Å². The molecule has 0 saturated carbocycles. The minimum Gasteiger partial charge on any atom is -0.343 e. The summed E-state index contributed by atoms with van der Waals surface area (Å²) >= 11 is 5.37.